The van der Waals surface area contributed by atoms with Crippen LogP contribution >= 0.6 is 11.3 Å². The summed E-state index contributed by atoms with van der Waals surface area (Å²) in [5.74, 6) is 1.11. The van der Waals surface area contributed by atoms with Crippen LogP contribution < -0.4 is 14.3 Å². The van der Waals surface area contributed by atoms with Crippen LogP contribution in [-0.4, -0.2) is 24.7 Å². The average Bonchev–Trinajstić information content (AvgIpc) is 2.99. The van der Waals surface area contributed by atoms with Crippen molar-refractivity contribution < 1.29 is 14.3 Å². The maximum absolute atomic E-state index is 12.6. The van der Waals surface area contributed by atoms with E-state index >= 15 is 0 Å². The number of benzene rings is 2. The van der Waals surface area contributed by atoms with Gasteiger partial charge >= 0.3 is 0 Å². The summed E-state index contributed by atoms with van der Waals surface area (Å²) in [4.78, 5) is 17.7. The topological polar surface area (TPSA) is 52.8 Å². The minimum absolute atomic E-state index is 0.171. The van der Waals surface area contributed by atoms with Gasteiger partial charge in [0.2, 0.25) is 0 Å². The summed E-state index contributed by atoms with van der Waals surface area (Å²) in [6.07, 6.45) is 2.07. The minimum Gasteiger partial charge on any atom is -0.493 e. The third-order valence-electron chi connectivity index (χ3n) is 4.56. The van der Waals surface area contributed by atoms with Crippen LogP contribution in [0.1, 0.15) is 16.7 Å². The number of aryl methyl sites for hydroxylation is 2. The molecule has 0 aliphatic heterocycles. The number of fused-ring (bicyclic) bond motifs is 1. The number of amides is 1. The predicted molar refractivity (Wildman–Crippen MR) is 113 cm³/mol. The number of methoxy groups -OCH3 is 2. The van der Waals surface area contributed by atoms with Crippen LogP contribution in [0.25, 0.3) is 10.2 Å². The number of nitrogens with zero attached hydrogens (tertiary/aromatic N) is 2. The molecule has 0 aliphatic rings. The molecule has 3 rings (SSSR count). The van der Waals surface area contributed by atoms with E-state index in [1.165, 1.54) is 16.9 Å². The second kappa shape index (κ2) is 8.44. The van der Waals surface area contributed by atoms with Gasteiger partial charge in [0.1, 0.15) is 0 Å². The fourth-order valence-electron chi connectivity index (χ4n) is 3.14. The van der Waals surface area contributed by atoms with Gasteiger partial charge in [-0.05, 0) is 25.0 Å². The Balaban J connectivity index is 2.06. The molecular weight excluding hydrogens is 372 g/mol. The highest BCUT2D eigenvalue weighted by Crippen LogP contribution is 2.33. The highest BCUT2D eigenvalue weighted by Gasteiger charge is 2.13. The van der Waals surface area contributed by atoms with E-state index in [4.69, 9.17) is 9.47 Å². The number of rotatable bonds is 6. The van der Waals surface area contributed by atoms with Gasteiger partial charge < -0.3 is 14.0 Å². The van der Waals surface area contributed by atoms with Crippen molar-refractivity contribution in [3.63, 3.8) is 0 Å². The molecule has 0 fully saturated rings. The van der Waals surface area contributed by atoms with Gasteiger partial charge in [-0.25, -0.2) is 0 Å². The predicted octanol–water partition coefficient (Wildman–Crippen LogP) is 4.19. The van der Waals surface area contributed by atoms with Gasteiger partial charge in [0.25, 0.3) is 5.91 Å². The third-order valence-corrected chi connectivity index (χ3v) is 5.60. The molecule has 146 valence electrons. The number of carbonyl (C=O) groups is 1. The van der Waals surface area contributed by atoms with Crippen LogP contribution in [0.15, 0.2) is 48.0 Å². The Bertz CT molecular complexity index is 1110. The van der Waals surface area contributed by atoms with E-state index < -0.39 is 0 Å². The Morgan fingerprint density at radius 3 is 2.54 bits per heavy atom. The molecule has 0 unspecified atom stereocenters. The van der Waals surface area contributed by atoms with Crippen LogP contribution in [0, 0.1) is 13.8 Å². The van der Waals surface area contributed by atoms with Crippen LogP contribution in [0.2, 0.25) is 0 Å². The largest absolute Gasteiger partial charge is 0.493 e. The Hall–Kier alpha value is -2.86. The Morgan fingerprint density at radius 2 is 1.89 bits per heavy atom. The van der Waals surface area contributed by atoms with E-state index in [0.29, 0.717) is 22.8 Å². The molecule has 28 heavy (non-hydrogen) atoms. The second-order valence-electron chi connectivity index (χ2n) is 6.57. The first-order valence-corrected chi connectivity index (χ1v) is 9.78. The van der Waals surface area contributed by atoms with Crippen LogP contribution in [0.5, 0.6) is 11.5 Å². The van der Waals surface area contributed by atoms with Gasteiger partial charge in [-0.15, -0.1) is 6.58 Å². The summed E-state index contributed by atoms with van der Waals surface area (Å²) in [6.45, 7) is 8.44. The number of hydrogen-bond donors (Lipinski definition) is 0. The lowest BCUT2D eigenvalue weighted by molar-refractivity contribution is -0.117. The zero-order valence-electron chi connectivity index (χ0n) is 16.6. The maximum Gasteiger partial charge on any atom is 0.252 e. The van der Waals surface area contributed by atoms with E-state index in [-0.39, 0.29) is 12.3 Å². The van der Waals surface area contributed by atoms with Crippen molar-refractivity contribution in [3.8, 4) is 11.5 Å². The molecule has 0 saturated carbocycles. The molecule has 1 heterocycles. The second-order valence-corrected chi connectivity index (χ2v) is 7.58. The van der Waals surface area contributed by atoms with Crippen LogP contribution in [0.4, 0.5) is 0 Å². The SMILES string of the molecule is C=CCn1c(=NC(=O)Cc2ccc(C)cc2C)sc2cc(OC)c(OC)cc21. The first-order valence-electron chi connectivity index (χ1n) is 8.96. The summed E-state index contributed by atoms with van der Waals surface area (Å²) in [5.41, 5.74) is 4.22. The zero-order chi connectivity index (χ0) is 20.3. The van der Waals surface area contributed by atoms with Crippen molar-refractivity contribution in [1.29, 1.82) is 0 Å². The molecule has 0 bridgehead atoms. The van der Waals surface area contributed by atoms with Gasteiger partial charge in [0.15, 0.2) is 16.3 Å². The Kier molecular flexibility index (Phi) is 5.99. The summed E-state index contributed by atoms with van der Waals surface area (Å²) in [6, 6.07) is 9.91. The van der Waals surface area contributed by atoms with E-state index in [9.17, 15) is 4.79 Å². The standard InChI is InChI=1S/C22H24N2O3S/c1-6-9-24-17-12-18(26-4)19(27-5)13-20(17)28-22(24)23-21(25)11-16-8-7-14(2)10-15(16)3/h6-8,10,12-13H,1,9,11H2,2-5H3. The molecular formula is C22H24N2O3S. The maximum atomic E-state index is 12.6. The molecule has 0 radical (unpaired) electrons. The summed E-state index contributed by atoms with van der Waals surface area (Å²) in [7, 11) is 3.21. The van der Waals surface area contributed by atoms with Crippen LogP contribution in [0.3, 0.4) is 0 Å². The molecule has 0 saturated heterocycles. The molecule has 2 aromatic carbocycles. The zero-order valence-corrected chi connectivity index (χ0v) is 17.4. The molecule has 0 spiro atoms. The minimum atomic E-state index is -0.171. The number of thiazole rings is 1. The van der Waals surface area contributed by atoms with Crippen molar-refractivity contribution in [2.45, 2.75) is 26.8 Å². The fraction of sp³-hybridized carbons (Fsp3) is 0.273. The van der Waals surface area contributed by atoms with Crippen molar-refractivity contribution in [3.05, 3.63) is 64.5 Å². The number of aromatic nitrogens is 1. The molecule has 3 aromatic rings. The molecule has 5 nitrogen and oxygen atoms in total. The molecule has 0 N–H and O–H groups in total. The summed E-state index contributed by atoms with van der Waals surface area (Å²) in [5, 5.41) is 0. The quantitative estimate of drug-likeness (QED) is 0.587. The highest BCUT2D eigenvalue weighted by atomic mass is 32.1. The van der Waals surface area contributed by atoms with Crippen molar-refractivity contribution >= 4 is 27.5 Å². The first kappa shape index (κ1) is 19.9. The average molecular weight is 397 g/mol. The number of ether oxygens (including phenoxy) is 2. The normalized spacial score (nSPS) is 11.6. The first-order chi connectivity index (χ1) is 13.5. The molecule has 1 amide bonds. The molecule has 1 aromatic heterocycles. The fourth-order valence-corrected chi connectivity index (χ4v) is 4.21. The van der Waals surface area contributed by atoms with Gasteiger partial charge in [-0.3, -0.25) is 4.79 Å². The van der Waals surface area contributed by atoms with E-state index in [0.717, 1.165) is 21.3 Å². The molecule has 6 heteroatoms. The lowest BCUT2D eigenvalue weighted by atomic mass is 10.0. The highest BCUT2D eigenvalue weighted by molar-refractivity contribution is 7.16. The summed E-state index contributed by atoms with van der Waals surface area (Å²) < 4.78 is 13.7. The van der Waals surface area contributed by atoms with Crippen molar-refractivity contribution in [2.24, 2.45) is 4.99 Å². The van der Waals surface area contributed by atoms with Crippen molar-refractivity contribution in [1.82, 2.24) is 4.57 Å². The van der Waals surface area contributed by atoms with E-state index in [2.05, 4.69) is 17.6 Å². The molecule has 0 aliphatic carbocycles. The lowest BCUT2D eigenvalue weighted by Crippen LogP contribution is -2.17. The Labute approximate surface area is 168 Å². The summed E-state index contributed by atoms with van der Waals surface area (Å²) >= 11 is 1.45. The lowest BCUT2D eigenvalue weighted by Gasteiger charge is -2.08. The third kappa shape index (κ3) is 4.02. The Morgan fingerprint density at radius 1 is 1.18 bits per heavy atom. The van der Waals surface area contributed by atoms with Crippen LogP contribution in [-0.2, 0) is 17.8 Å². The van der Waals surface area contributed by atoms with Gasteiger partial charge in [0.05, 0.1) is 30.9 Å². The van der Waals surface area contributed by atoms with Crippen molar-refractivity contribution in [2.75, 3.05) is 14.2 Å². The van der Waals surface area contributed by atoms with Gasteiger partial charge in [-0.2, -0.15) is 4.99 Å². The number of allylic oxidation sites excluding steroid dienone is 1. The monoisotopic (exact) mass is 396 g/mol. The number of carbonyl (C=O) groups excluding carboxylic acids is 1. The molecule has 0 atom stereocenters. The van der Waals surface area contributed by atoms with E-state index in [1.54, 1.807) is 20.3 Å². The smallest absolute Gasteiger partial charge is 0.252 e. The van der Waals surface area contributed by atoms with E-state index in [1.807, 2.05) is 42.7 Å². The number of hydrogen-bond acceptors (Lipinski definition) is 4. The van der Waals surface area contributed by atoms with Gasteiger partial charge in [0, 0.05) is 18.7 Å². The van der Waals surface area contributed by atoms with Gasteiger partial charge in [-0.1, -0.05) is 41.2 Å².